The molecule has 0 nitrogen and oxygen atoms in total. The minimum absolute atomic E-state index is 0.445. The second-order valence-corrected chi connectivity index (χ2v) is 13.2. The van der Waals surface area contributed by atoms with Crippen LogP contribution in [-0.4, -0.2) is 0 Å². The highest BCUT2D eigenvalue weighted by Crippen LogP contribution is 2.54. The monoisotopic (exact) mass is 622 g/mol. The Morgan fingerprint density at radius 2 is 1.00 bits per heavy atom. The zero-order valence-electron chi connectivity index (χ0n) is 28.8. The second kappa shape index (κ2) is 14.7. The Labute approximate surface area is 288 Å². The van der Waals surface area contributed by atoms with Gasteiger partial charge in [0, 0.05) is 0 Å². The maximum absolute atomic E-state index is 4.38. The Hall–Kier alpha value is -5.20. The fourth-order valence-corrected chi connectivity index (χ4v) is 6.94. The van der Waals surface area contributed by atoms with E-state index in [1.54, 1.807) is 0 Å². The van der Waals surface area contributed by atoms with Gasteiger partial charge in [-0.1, -0.05) is 187 Å². The fourth-order valence-electron chi connectivity index (χ4n) is 6.94. The molecule has 1 aliphatic carbocycles. The van der Waals surface area contributed by atoms with Crippen LogP contribution in [0.1, 0.15) is 74.6 Å². The van der Waals surface area contributed by atoms with E-state index in [4.69, 9.17) is 0 Å². The third-order valence-electron chi connectivity index (χ3n) is 9.45. The van der Waals surface area contributed by atoms with Gasteiger partial charge in [0.25, 0.3) is 0 Å². The van der Waals surface area contributed by atoms with Gasteiger partial charge in [-0.15, -0.1) is 0 Å². The predicted octanol–water partition coefficient (Wildman–Crippen LogP) is 14.1. The molecule has 5 aromatic carbocycles. The molecule has 5 aromatic rings. The highest BCUT2D eigenvalue weighted by Gasteiger charge is 2.29. The van der Waals surface area contributed by atoms with Crippen LogP contribution in [0.25, 0.3) is 55.7 Å². The number of benzene rings is 5. The van der Waals surface area contributed by atoms with Gasteiger partial charge in [0.2, 0.25) is 0 Å². The zero-order chi connectivity index (χ0) is 33.6. The molecule has 6 rings (SSSR count). The fraction of sp³-hybridized carbons (Fsp3) is 0.167. The van der Waals surface area contributed by atoms with Gasteiger partial charge in [-0.05, 0) is 103 Å². The second-order valence-electron chi connectivity index (χ2n) is 13.2. The summed E-state index contributed by atoms with van der Waals surface area (Å²) in [6.07, 6.45) is 15.1. The van der Waals surface area contributed by atoms with Gasteiger partial charge in [-0.3, -0.25) is 0 Å². The summed E-state index contributed by atoms with van der Waals surface area (Å²) >= 11 is 0. The average Bonchev–Trinajstić information content (AvgIpc) is 3.14. The Bertz CT molecular complexity index is 1990. The summed E-state index contributed by atoms with van der Waals surface area (Å²) in [5, 5.41) is 0. The molecule has 0 saturated carbocycles. The summed E-state index contributed by atoms with van der Waals surface area (Å²) in [5.41, 5.74) is 17.1. The van der Waals surface area contributed by atoms with E-state index in [0.29, 0.717) is 11.8 Å². The SMILES string of the molecule is C=C/C=C(\C=C)c1c(C2=CCCC=C2)c(-c2ccc(C(C)C)cc2)c(-c2ccccc2)c(-c2ccccc2)c1-c1ccc(C(C)C)cc1. The number of allylic oxidation sites excluding steroid dienone is 8. The summed E-state index contributed by atoms with van der Waals surface area (Å²) in [6, 6.07) is 40.4. The van der Waals surface area contributed by atoms with E-state index in [9.17, 15) is 0 Å². The molecule has 238 valence electrons. The molecular weight excluding hydrogens is 577 g/mol. The van der Waals surface area contributed by atoms with E-state index in [1.165, 1.54) is 72.3 Å². The minimum Gasteiger partial charge on any atom is -0.0990 e. The quantitative estimate of drug-likeness (QED) is 0.136. The highest BCUT2D eigenvalue weighted by molar-refractivity contribution is 6.12. The summed E-state index contributed by atoms with van der Waals surface area (Å²) in [5.74, 6) is 0.895. The molecule has 0 bridgehead atoms. The van der Waals surface area contributed by atoms with Crippen molar-refractivity contribution in [3.8, 4) is 44.5 Å². The maximum Gasteiger partial charge on any atom is -0.00139 e. The zero-order valence-corrected chi connectivity index (χ0v) is 28.8. The van der Waals surface area contributed by atoms with Crippen molar-refractivity contribution in [2.45, 2.75) is 52.4 Å². The first-order valence-electron chi connectivity index (χ1n) is 17.3. The predicted molar refractivity (Wildman–Crippen MR) is 211 cm³/mol. The summed E-state index contributed by atoms with van der Waals surface area (Å²) in [7, 11) is 0. The number of hydrogen-bond donors (Lipinski definition) is 0. The summed E-state index contributed by atoms with van der Waals surface area (Å²) in [6.45, 7) is 17.6. The van der Waals surface area contributed by atoms with Crippen LogP contribution in [0.15, 0.2) is 159 Å². The van der Waals surface area contributed by atoms with Crippen LogP contribution in [0.5, 0.6) is 0 Å². The first-order valence-corrected chi connectivity index (χ1v) is 17.3. The standard InChI is InChI=1S/C48H46/c1-7-18-35(8-2)43-44(38-19-12-9-13-20-38)48(42-31-27-37(28-32-42)34(5)6)46(40-23-16-11-17-24-40)45(39-21-14-10-15-22-39)47(43)41-29-25-36(26-30-41)33(3)4/h7-8,10-12,14-34H,1-2,9,13H2,3-6H3/b35-18+. The van der Waals surface area contributed by atoms with Crippen molar-refractivity contribution in [2.24, 2.45) is 0 Å². The van der Waals surface area contributed by atoms with Crippen LogP contribution in [0.2, 0.25) is 0 Å². The van der Waals surface area contributed by atoms with E-state index in [1.807, 2.05) is 12.2 Å². The van der Waals surface area contributed by atoms with Crippen molar-refractivity contribution >= 4 is 11.1 Å². The molecule has 0 N–H and O–H groups in total. The van der Waals surface area contributed by atoms with Crippen LogP contribution >= 0.6 is 0 Å². The molecule has 0 aromatic heterocycles. The molecule has 0 heterocycles. The van der Waals surface area contributed by atoms with Crippen molar-refractivity contribution in [3.63, 3.8) is 0 Å². The Kier molecular flexibility index (Phi) is 10.0. The molecule has 0 saturated heterocycles. The van der Waals surface area contributed by atoms with Gasteiger partial charge in [0.05, 0.1) is 0 Å². The topological polar surface area (TPSA) is 0 Å². The highest BCUT2D eigenvalue weighted by atomic mass is 14.3. The molecule has 48 heavy (non-hydrogen) atoms. The molecule has 0 spiro atoms. The first kappa shape index (κ1) is 32.7. The average molecular weight is 623 g/mol. The van der Waals surface area contributed by atoms with Gasteiger partial charge in [0.1, 0.15) is 0 Å². The van der Waals surface area contributed by atoms with E-state index < -0.39 is 0 Å². The van der Waals surface area contributed by atoms with Crippen molar-refractivity contribution in [1.29, 1.82) is 0 Å². The Morgan fingerprint density at radius 1 is 0.542 bits per heavy atom. The van der Waals surface area contributed by atoms with Crippen molar-refractivity contribution in [1.82, 2.24) is 0 Å². The maximum atomic E-state index is 4.38. The van der Waals surface area contributed by atoms with Gasteiger partial charge in [-0.25, -0.2) is 0 Å². The van der Waals surface area contributed by atoms with Crippen molar-refractivity contribution in [3.05, 3.63) is 181 Å². The molecule has 0 aliphatic heterocycles. The lowest BCUT2D eigenvalue weighted by Gasteiger charge is -2.30. The van der Waals surface area contributed by atoms with E-state index >= 15 is 0 Å². The molecule has 0 fully saturated rings. The molecular formula is C48H46. The van der Waals surface area contributed by atoms with Crippen LogP contribution in [-0.2, 0) is 0 Å². The third-order valence-corrected chi connectivity index (χ3v) is 9.45. The van der Waals surface area contributed by atoms with E-state index in [-0.39, 0.29) is 0 Å². The Morgan fingerprint density at radius 3 is 1.44 bits per heavy atom. The lowest BCUT2D eigenvalue weighted by molar-refractivity contribution is 0.867. The van der Waals surface area contributed by atoms with Gasteiger partial charge in [-0.2, -0.15) is 0 Å². The molecule has 1 aliphatic rings. The number of hydrogen-bond acceptors (Lipinski definition) is 0. The van der Waals surface area contributed by atoms with Crippen LogP contribution in [0, 0.1) is 0 Å². The van der Waals surface area contributed by atoms with Gasteiger partial charge >= 0.3 is 0 Å². The van der Waals surface area contributed by atoms with Crippen molar-refractivity contribution in [2.75, 3.05) is 0 Å². The van der Waals surface area contributed by atoms with Gasteiger partial charge < -0.3 is 0 Å². The Balaban J connectivity index is 1.93. The lowest BCUT2D eigenvalue weighted by Crippen LogP contribution is -2.06. The van der Waals surface area contributed by atoms with Crippen LogP contribution in [0.4, 0.5) is 0 Å². The van der Waals surface area contributed by atoms with E-state index in [0.717, 1.165) is 18.4 Å². The van der Waals surface area contributed by atoms with Gasteiger partial charge in [0.15, 0.2) is 0 Å². The largest absolute Gasteiger partial charge is 0.0990 e. The van der Waals surface area contributed by atoms with Crippen molar-refractivity contribution < 1.29 is 0 Å². The summed E-state index contributed by atoms with van der Waals surface area (Å²) in [4.78, 5) is 0. The smallest absolute Gasteiger partial charge is 0.00139 e. The first-order chi connectivity index (χ1) is 23.4. The van der Waals surface area contributed by atoms with Crippen LogP contribution < -0.4 is 0 Å². The molecule has 0 amide bonds. The molecule has 0 atom stereocenters. The number of rotatable bonds is 10. The molecule has 0 radical (unpaired) electrons. The summed E-state index contributed by atoms with van der Waals surface area (Å²) < 4.78 is 0. The third kappa shape index (κ3) is 6.49. The lowest BCUT2D eigenvalue weighted by atomic mass is 9.73. The molecule has 0 unspecified atom stereocenters. The van der Waals surface area contributed by atoms with Crippen LogP contribution in [0.3, 0.4) is 0 Å². The minimum atomic E-state index is 0.445. The molecule has 0 heteroatoms. The van der Waals surface area contributed by atoms with E-state index in [2.05, 4.69) is 174 Å². The normalized spacial score (nSPS) is 13.1.